The van der Waals surface area contributed by atoms with Gasteiger partial charge < -0.3 is 10.0 Å². The van der Waals surface area contributed by atoms with Gasteiger partial charge in [-0.25, -0.2) is 9.78 Å². The molecule has 6 nitrogen and oxygen atoms in total. The fourth-order valence-corrected chi connectivity index (χ4v) is 7.45. The molecule has 2 aliphatic rings. The van der Waals surface area contributed by atoms with E-state index in [9.17, 15) is 14.7 Å². The van der Waals surface area contributed by atoms with Crippen LogP contribution >= 0.6 is 23.1 Å². The zero-order valence-electron chi connectivity index (χ0n) is 20.3. The van der Waals surface area contributed by atoms with E-state index >= 15 is 0 Å². The standard InChI is InChI=1S/C26H35N3O3S2/c1-25(2,22(30)31)34-21-17-27-23(33-21)28-24(32)29(26(3)12-7-4-8-13-26)14-11-18-15-19-9-5-6-10-20(19)16-18/h5-6,9-10,17-18H,4,7-8,11-16H2,1-3H3,(H,30,31)(H,27,28,32). The molecule has 1 aromatic heterocycles. The number of thiazole rings is 1. The van der Waals surface area contributed by atoms with Crippen LogP contribution in [0.25, 0.3) is 0 Å². The number of fused-ring (bicyclic) bond motifs is 1. The lowest BCUT2D eigenvalue weighted by Crippen LogP contribution is -2.53. The number of thioether (sulfide) groups is 1. The number of aliphatic carboxylic acids is 1. The zero-order valence-corrected chi connectivity index (χ0v) is 21.9. The monoisotopic (exact) mass is 501 g/mol. The van der Waals surface area contributed by atoms with E-state index in [2.05, 4.69) is 46.4 Å². The van der Waals surface area contributed by atoms with Crippen LogP contribution in [0.15, 0.2) is 34.7 Å². The van der Waals surface area contributed by atoms with E-state index < -0.39 is 10.7 Å². The highest BCUT2D eigenvalue weighted by molar-refractivity contribution is 8.03. The highest BCUT2D eigenvalue weighted by atomic mass is 32.2. The third-order valence-electron chi connectivity index (χ3n) is 7.29. The summed E-state index contributed by atoms with van der Waals surface area (Å²) in [5.74, 6) is -0.303. The molecular formula is C26H35N3O3S2. The first-order chi connectivity index (χ1) is 16.2. The molecule has 1 aromatic carbocycles. The molecule has 0 aliphatic heterocycles. The van der Waals surface area contributed by atoms with Gasteiger partial charge in [-0.1, -0.05) is 66.6 Å². The Morgan fingerprint density at radius 1 is 1.21 bits per heavy atom. The Morgan fingerprint density at radius 2 is 1.85 bits per heavy atom. The Kier molecular flexibility index (Phi) is 7.57. The van der Waals surface area contributed by atoms with Crippen LogP contribution in [-0.2, 0) is 17.6 Å². The fourth-order valence-electron chi connectivity index (χ4n) is 5.18. The summed E-state index contributed by atoms with van der Waals surface area (Å²) >= 11 is 2.58. The van der Waals surface area contributed by atoms with Crippen molar-refractivity contribution < 1.29 is 14.7 Å². The number of hydrogen-bond acceptors (Lipinski definition) is 5. The predicted octanol–water partition coefficient (Wildman–Crippen LogP) is 6.46. The molecule has 2 aromatic rings. The van der Waals surface area contributed by atoms with Crippen LogP contribution in [0.1, 0.15) is 70.4 Å². The Labute approximate surface area is 210 Å². The topological polar surface area (TPSA) is 82.5 Å². The summed E-state index contributed by atoms with van der Waals surface area (Å²) in [7, 11) is 0. The Morgan fingerprint density at radius 3 is 2.47 bits per heavy atom. The normalized spacial score (nSPS) is 17.9. The number of aromatic nitrogens is 1. The Balaban J connectivity index is 1.43. The fraction of sp³-hybridized carbons (Fsp3) is 0.577. The average molecular weight is 502 g/mol. The van der Waals surface area contributed by atoms with Crippen molar-refractivity contribution in [2.75, 3.05) is 11.9 Å². The van der Waals surface area contributed by atoms with Crippen LogP contribution in [0.5, 0.6) is 0 Å². The lowest BCUT2D eigenvalue weighted by Gasteiger charge is -2.44. The van der Waals surface area contributed by atoms with Crippen molar-refractivity contribution in [1.29, 1.82) is 0 Å². The lowest BCUT2D eigenvalue weighted by molar-refractivity contribution is -0.138. The molecule has 8 heteroatoms. The van der Waals surface area contributed by atoms with Crippen LogP contribution < -0.4 is 5.32 Å². The maximum absolute atomic E-state index is 13.5. The number of carboxylic acids is 1. The molecule has 2 aliphatic carbocycles. The molecule has 0 bridgehead atoms. The SMILES string of the molecule is CC(C)(Sc1cnc(NC(=O)N(CCC2Cc3ccccc3C2)C2(C)CCCCC2)s1)C(=O)O. The third kappa shape index (κ3) is 5.77. The number of nitrogens with zero attached hydrogens (tertiary/aromatic N) is 2. The van der Waals surface area contributed by atoms with Crippen LogP contribution in [0.2, 0.25) is 0 Å². The number of anilines is 1. The molecule has 0 radical (unpaired) electrons. The second kappa shape index (κ2) is 10.3. The van der Waals surface area contributed by atoms with E-state index in [0.717, 1.165) is 55.7 Å². The van der Waals surface area contributed by atoms with Gasteiger partial charge in [0.05, 0.1) is 10.4 Å². The van der Waals surface area contributed by atoms with Gasteiger partial charge in [-0.05, 0) is 69.9 Å². The van der Waals surface area contributed by atoms with Crippen molar-refractivity contribution in [1.82, 2.24) is 9.88 Å². The highest BCUT2D eigenvalue weighted by Crippen LogP contribution is 2.39. The van der Waals surface area contributed by atoms with E-state index in [1.807, 2.05) is 0 Å². The van der Waals surface area contributed by atoms with E-state index in [4.69, 9.17) is 0 Å². The Hall–Kier alpha value is -2.06. The van der Waals surface area contributed by atoms with Crippen molar-refractivity contribution >= 4 is 40.2 Å². The molecule has 1 heterocycles. The van der Waals surface area contributed by atoms with Crippen LogP contribution in [0.3, 0.4) is 0 Å². The van der Waals surface area contributed by atoms with Crippen LogP contribution in [0, 0.1) is 5.92 Å². The summed E-state index contributed by atoms with van der Waals surface area (Å²) in [6.07, 6.45) is 10.4. The van der Waals surface area contributed by atoms with Gasteiger partial charge in [-0.15, -0.1) is 0 Å². The number of carbonyl (C=O) groups excluding carboxylic acids is 1. The van der Waals surface area contributed by atoms with Gasteiger partial charge in [0.1, 0.15) is 4.75 Å². The minimum atomic E-state index is -0.950. The van der Waals surface area contributed by atoms with E-state index in [1.165, 1.54) is 40.6 Å². The maximum atomic E-state index is 13.5. The molecule has 0 spiro atoms. The number of benzene rings is 1. The second-order valence-electron chi connectivity index (χ2n) is 10.4. The van der Waals surface area contributed by atoms with E-state index in [1.54, 1.807) is 20.0 Å². The van der Waals surface area contributed by atoms with Crippen molar-refractivity contribution in [2.24, 2.45) is 5.92 Å². The third-order valence-corrected chi connectivity index (χ3v) is 9.49. The number of carboxylic acid groups (broad SMARTS) is 1. The molecule has 1 saturated carbocycles. The summed E-state index contributed by atoms with van der Waals surface area (Å²) in [6.45, 7) is 6.31. The first kappa shape index (κ1) is 25.0. The molecule has 4 rings (SSSR count). The summed E-state index contributed by atoms with van der Waals surface area (Å²) in [5, 5.41) is 12.9. The highest BCUT2D eigenvalue weighted by Gasteiger charge is 2.37. The molecule has 184 valence electrons. The number of nitrogens with one attached hydrogen (secondary N) is 1. The van der Waals surface area contributed by atoms with Gasteiger partial charge in [0.2, 0.25) is 0 Å². The van der Waals surface area contributed by atoms with E-state index in [0.29, 0.717) is 11.0 Å². The van der Waals surface area contributed by atoms with Crippen molar-refractivity contribution in [2.45, 2.75) is 86.6 Å². The first-order valence-electron chi connectivity index (χ1n) is 12.2. The molecular weight excluding hydrogens is 466 g/mol. The van der Waals surface area contributed by atoms with Gasteiger partial charge in [0, 0.05) is 12.1 Å². The minimum Gasteiger partial charge on any atom is -0.480 e. The van der Waals surface area contributed by atoms with E-state index in [-0.39, 0.29) is 11.6 Å². The predicted molar refractivity (Wildman–Crippen MR) is 139 cm³/mol. The first-order valence-corrected chi connectivity index (χ1v) is 13.8. The summed E-state index contributed by atoms with van der Waals surface area (Å²) in [5.41, 5.74) is 2.75. The Bertz CT molecular complexity index is 1000. The second-order valence-corrected chi connectivity index (χ2v) is 13.3. The summed E-state index contributed by atoms with van der Waals surface area (Å²) < 4.78 is -0.171. The van der Waals surface area contributed by atoms with Gasteiger partial charge in [0.15, 0.2) is 5.13 Å². The van der Waals surface area contributed by atoms with Crippen molar-refractivity contribution in [3.63, 3.8) is 0 Å². The quantitative estimate of drug-likeness (QED) is 0.406. The van der Waals surface area contributed by atoms with Gasteiger partial charge in [-0.3, -0.25) is 10.1 Å². The number of urea groups is 1. The molecule has 34 heavy (non-hydrogen) atoms. The molecule has 2 N–H and O–H groups in total. The number of carbonyl (C=O) groups is 2. The zero-order chi connectivity index (χ0) is 24.3. The lowest BCUT2D eigenvalue weighted by atomic mass is 9.81. The van der Waals surface area contributed by atoms with Gasteiger partial charge in [-0.2, -0.15) is 0 Å². The molecule has 0 unspecified atom stereocenters. The van der Waals surface area contributed by atoms with Crippen molar-refractivity contribution in [3.8, 4) is 0 Å². The van der Waals surface area contributed by atoms with Crippen molar-refractivity contribution in [3.05, 3.63) is 41.6 Å². The van der Waals surface area contributed by atoms with Gasteiger partial charge >= 0.3 is 12.0 Å². The largest absolute Gasteiger partial charge is 0.480 e. The smallest absolute Gasteiger partial charge is 0.324 e. The van der Waals surface area contributed by atoms with Crippen LogP contribution in [0.4, 0.5) is 9.93 Å². The number of rotatable bonds is 8. The van der Waals surface area contributed by atoms with Gasteiger partial charge in [0.25, 0.3) is 0 Å². The average Bonchev–Trinajstić information content (AvgIpc) is 3.39. The number of hydrogen-bond donors (Lipinski definition) is 2. The van der Waals surface area contributed by atoms with Crippen LogP contribution in [-0.4, -0.2) is 43.8 Å². The molecule has 0 atom stereocenters. The molecule has 0 saturated heterocycles. The summed E-state index contributed by atoms with van der Waals surface area (Å²) in [4.78, 5) is 31.4. The molecule has 2 amide bonds. The molecule has 1 fully saturated rings. The maximum Gasteiger partial charge on any atom is 0.324 e. The number of amides is 2. The summed E-state index contributed by atoms with van der Waals surface area (Å²) in [6, 6.07) is 8.59. The minimum absolute atomic E-state index is 0.0942.